The number of nitrogens with zero attached hydrogens (tertiary/aromatic N) is 4. The van der Waals surface area contributed by atoms with Gasteiger partial charge in [0.25, 0.3) is 0 Å². The molecule has 1 aliphatic rings. The van der Waals surface area contributed by atoms with Gasteiger partial charge < -0.3 is 9.67 Å². The summed E-state index contributed by atoms with van der Waals surface area (Å²) < 4.78 is 1.86. The Morgan fingerprint density at radius 1 is 1.57 bits per heavy atom. The predicted octanol–water partition coefficient (Wildman–Crippen LogP) is -0.515. The Labute approximate surface area is 81.2 Å². The van der Waals surface area contributed by atoms with Crippen molar-refractivity contribution in [3.63, 3.8) is 0 Å². The van der Waals surface area contributed by atoms with Crippen LogP contribution < -0.4 is 0 Å². The van der Waals surface area contributed by atoms with Crippen LogP contribution in [0.5, 0.6) is 0 Å². The average Bonchev–Trinajstić information content (AvgIpc) is 2.46. The number of aryl methyl sites for hydroxylation is 1. The highest BCUT2D eigenvalue weighted by Crippen LogP contribution is 2.15. The molecule has 1 aromatic heterocycles. The Bertz CT molecular complexity index is 373. The van der Waals surface area contributed by atoms with Gasteiger partial charge in [0, 0.05) is 0 Å². The molecule has 0 radical (unpaired) electrons. The molecule has 0 aromatic carbocycles. The molecule has 6 heteroatoms. The van der Waals surface area contributed by atoms with Gasteiger partial charge in [-0.2, -0.15) is 0 Å². The lowest BCUT2D eigenvalue weighted by atomic mass is 10.2. The van der Waals surface area contributed by atoms with Crippen LogP contribution in [0, 0.1) is 6.92 Å². The van der Waals surface area contributed by atoms with E-state index in [1.165, 1.54) is 0 Å². The Morgan fingerprint density at radius 3 is 2.93 bits per heavy atom. The molecule has 1 aliphatic heterocycles. The van der Waals surface area contributed by atoms with Crippen molar-refractivity contribution in [2.24, 2.45) is 0 Å². The zero-order chi connectivity index (χ0) is 10.3. The van der Waals surface area contributed by atoms with Crippen LogP contribution in [0.2, 0.25) is 0 Å². The van der Waals surface area contributed by atoms with Gasteiger partial charge in [0.05, 0.1) is 13.1 Å². The molecule has 1 aromatic rings. The van der Waals surface area contributed by atoms with Gasteiger partial charge in [-0.1, -0.05) is 0 Å². The number of aromatic nitrogens is 3. The Kier molecular flexibility index (Phi) is 1.99. The second-order valence-corrected chi connectivity index (χ2v) is 3.54. The average molecular weight is 196 g/mol. The summed E-state index contributed by atoms with van der Waals surface area (Å²) >= 11 is 0. The summed E-state index contributed by atoms with van der Waals surface area (Å²) in [4.78, 5) is 12.7. The van der Waals surface area contributed by atoms with Gasteiger partial charge in [-0.15, -0.1) is 10.2 Å². The molecule has 0 aliphatic carbocycles. The highest BCUT2D eigenvalue weighted by Gasteiger charge is 2.30. The maximum atomic E-state index is 10.9. The van der Waals surface area contributed by atoms with E-state index in [4.69, 9.17) is 5.11 Å². The third-order valence-corrected chi connectivity index (χ3v) is 2.58. The Morgan fingerprint density at radius 2 is 2.29 bits per heavy atom. The quantitative estimate of drug-likeness (QED) is 0.654. The van der Waals surface area contributed by atoms with Crippen LogP contribution in [-0.4, -0.2) is 43.8 Å². The molecule has 76 valence electrons. The number of rotatable bonds is 1. The number of aliphatic carboxylic acids is 1. The number of hydrogen-bond donors (Lipinski definition) is 1. The van der Waals surface area contributed by atoms with Gasteiger partial charge in [0.1, 0.15) is 17.7 Å². The van der Waals surface area contributed by atoms with Gasteiger partial charge in [0.15, 0.2) is 0 Å². The fraction of sp³-hybridized carbons (Fsp3) is 0.625. The largest absolute Gasteiger partial charge is 0.480 e. The van der Waals surface area contributed by atoms with Gasteiger partial charge in [-0.25, -0.2) is 0 Å². The highest BCUT2D eigenvalue weighted by molar-refractivity contribution is 5.73. The maximum absolute atomic E-state index is 10.9. The van der Waals surface area contributed by atoms with Crippen molar-refractivity contribution in [1.82, 2.24) is 19.7 Å². The van der Waals surface area contributed by atoms with E-state index in [1.807, 2.05) is 11.5 Å². The first-order valence-electron chi connectivity index (χ1n) is 4.41. The molecule has 2 rings (SSSR count). The number of likely N-dealkylation sites (N-methyl/N-ethyl adjacent to an activating group) is 1. The van der Waals surface area contributed by atoms with E-state index in [0.717, 1.165) is 11.6 Å². The molecule has 1 atom stereocenters. The zero-order valence-corrected chi connectivity index (χ0v) is 8.14. The van der Waals surface area contributed by atoms with Crippen molar-refractivity contribution in [2.45, 2.75) is 26.1 Å². The molecule has 0 saturated carbocycles. The van der Waals surface area contributed by atoms with E-state index < -0.39 is 12.0 Å². The van der Waals surface area contributed by atoms with Gasteiger partial charge >= 0.3 is 5.97 Å². The van der Waals surface area contributed by atoms with Crippen molar-refractivity contribution in [3.8, 4) is 0 Å². The van der Waals surface area contributed by atoms with Crippen molar-refractivity contribution in [3.05, 3.63) is 11.6 Å². The van der Waals surface area contributed by atoms with Crippen molar-refractivity contribution in [2.75, 3.05) is 7.05 Å². The molecule has 0 saturated heterocycles. The summed E-state index contributed by atoms with van der Waals surface area (Å²) in [6.07, 6.45) is 0. The third kappa shape index (κ3) is 1.27. The number of hydrogen-bond acceptors (Lipinski definition) is 4. The van der Waals surface area contributed by atoms with E-state index in [2.05, 4.69) is 10.2 Å². The molecular weight excluding hydrogens is 184 g/mol. The van der Waals surface area contributed by atoms with Crippen molar-refractivity contribution < 1.29 is 9.90 Å². The van der Waals surface area contributed by atoms with E-state index in [-0.39, 0.29) is 0 Å². The molecule has 0 bridgehead atoms. The molecule has 0 fully saturated rings. The molecule has 1 N–H and O–H groups in total. The van der Waals surface area contributed by atoms with Crippen LogP contribution in [0.3, 0.4) is 0 Å². The van der Waals surface area contributed by atoms with Crippen LogP contribution in [-0.2, 0) is 17.9 Å². The van der Waals surface area contributed by atoms with Crippen LogP contribution in [0.15, 0.2) is 0 Å². The van der Waals surface area contributed by atoms with Gasteiger partial charge in [0.2, 0.25) is 0 Å². The number of carboxylic acid groups (broad SMARTS) is 1. The normalized spacial score (nSPS) is 22.0. The molecule has 14 heavy (non-hydrogen) atoms. The first-order valence-corrected chi connectivity index (χ1v) is 4.41. The molecule has 0 amide bonds. The number of fused-ring (bicyclic) bond motifs is 1. The lowest BCUT2D eigenvalue weighted by molar-refractivity contribution is -0.144. The lowest BCUT2D eigenvalue weighted by Crippen LogP contribution is -2.45. The molecule has 6 nitrogen and oxygen atoms in total. The molecule has 2 heterocycles. The van der Waals surface area contributed by atoms with Gasteiger partial charge in [-0.05, 0) is 14.0 Å². The van der Waals surface area contributed by atoms with Crippen LogP contribution in [0.4, 0.5) is 0 Å². The minimum Gasteiger partial charge on any atom is -0.480 e. The van der Waals surface area contributed by atoms with E-state index in [1.54, 1.807) is 11.9 Å². The summed E-state index contributed by atoms with van der Waals surface area (Å²) in [6.45, 7) is 2.80. The van der Waals surface area contributed by atoms with Gasteiger partial charge in [-0.3, -0.25) is 9.69 Å². The Hall–Kier alpha value is -1.43. The van der Waals surface area contributed by atoms with E-state index in [9.17, 15) is 4.79 Å². The first-order chi connectivity index (χ1) is 6.59. The number of carboxylic acids is 1. The van der Waals surface area contributed by atoms with Crippen LogP contribution in [0.1, 0.15) is 11.6 Å². The fourth-order valence-electron chi connectivity index (χ4n) is 1.69. The summed E-state index contributed by atoms with van der Waals surface area (Å²) in [5.74, 6) is 0.813. The van der Waals surface area contributed by atoms with Crippen LogP contribution >= 0.6 is 0 Å². The van der Waals surface area contributed by atoms with E-state index >= 15 is 0 Å². The number of carbonyl (C=O) groups is 1. The third-order valence-electron chi connectivity index (χ3n) is 2.58. The molecule has 0 unspecified atom stereocenters. The van der Waals surface area contributed by atoms with Crippen LogP contribution in [0.25, 0.3) is 0 Å². The standard InChI is InChI=1S/C8H12N4O2/c1-5-9-10-7-4-11(2)6(8(13)14)3-12(5)7/h6H,3-4H2,1-2H3,(H,13,14)/t6-/m1/s1. The lowest BCUT2D eigenvalue weighted by Gasteiger charge is -2.29. The minimum atomic E-state index is -0.800. The smallest absolute Gasteiger partial charge is 0.322 e. The highest BCUT2D eigenvalue weighted by atomic mass is 16.4. The summed E-state index contributed by atoms with van der Waals surface area (Å²) in [6, 6.07) is -0.475. The first kappa shape index (κ1) is 9.14. The fourth-order valence-corrected chi connectivity index (χ4v) is 1.69. The Balaban J connectivity index is 2.33. The molecular formula is C8H12N4O2. The van der Waals surface area contributed by atoms with Crippen molar-refractivity contribution in [1.29, 1.82) is 0 Å². The second kappa shape index (κ2) is 3.06. The zero-order valence-electron chi connectivity index (χ0n) is 8.14. The SMILES string of the molecule is Cc1nnc2n1C[C@H](C(=O)O)N(C)C2. The summed E-state index contributed by atoms with van der Waals surface area (Å²) in [5, 5.41) is 16.9. The minimum absolute atomic E-state index is 0.431. The van der Waals surface area contributed by atoms with E-state index in [0.29, 0.717) is 13.1 Å². The topological polar surface area (TPSA) is 71.2 Å². The molecule has 0 spiro atoms. The summed E-state index contributed by atoms with van der Waals surface area (Å²) in [5.41, 5.74) is 0. The summed E-state index contributed by atoms with van der Waals surface area (Å²) in [7, 11) is 1.78. The predicted molar refractivity (Wildman–Crippen MR) is 47.6 cm³/mol. The second-order valence-electron chi connectivity index (χ2n) is 3.54. The van der Waals surface area contributed by atoms with Crippen molar-refractivity contribution >= 4 is 5.97 Å². The maximum Gasteiger partial charge on any atom is 0.322 e. The monoisotopic (exact) mass is 196 g/mol.